The van der Waals surface area contributed by atoms with E-state index in [4.69, 9.17) is 0 Å². The number of rotatable bonds is 12. The first-order valence-corrected chi connectivity index (χ1v) is 12.3. The molecule has 33 heavy (non-hydrogen) atoms. The summed E-state index contributed by atoms with van der Waals surface area (Å²) in [5.41, 5.74) is 0.0494. The molecule has 6 nitrogen and oxygen atoms in total. The Bertz CT molecular complexity index is 719. The second-order valence-corrected chi connectivity index (χ2v) is 11.1. The van der Waals surface area contributed by atoms with E-state index in [1.807, 2.05) is 41.5 Å². The summed E-state index contributed by atoms with van der Waals surface area (Å²) in [6, 6.07) is 5.23. The van der Waals surface area contributed by atoms with Gasteiger partial charge in [0.05, 0.1) is 0 Å². The van der Waals surface area contributed by atoms with E-state index in [2.05, 4.69) is 36.7 Å². The topological polar surface area (TPSA) is 87.3 Å². The van der Waals surface area contributed by atoms with Crippen molar-refractivity contribution in [1.82, 2.24) is 0 Å². The minimum absolute atomic E-state index is 0.0947. The molecule has 0 unspecified atom stereocenters. The molecule has 0 heterocycles. The number of hydrogen-bond acceptors (Lipinski definition) is 3. The number of carbonyl (C=O) groups excluding carboxylic acids is 3. The molecule has 3 N–H and O–H groups in total. The zero-order chi connectivity index (χ0) is 25.4. The first kappa shape index (κ1) is 28.7. The Hall–Kier alpha value is -2.37. The lowest BCUT2D eigenvalue weighted by molar-refractivity contribution is -0.124. The number of nitrogens with one attached hydrogen (secondary N) is 3. The SMILES string of the molecule is CCCC(C)(C)C(=O)Nc1cc(NC(=O)C(C)(C)CCC)cc(NC(=O)C(C)(C)CCC)c1. The van der Waals surface area contributed by atoms with Gasteiger partial charge in [-0.05, 0) is 37.5 Å². The molecular weight excluding hydrogens is 414 g/mol. The highest BCUT2D eigenvalue weighted by Crippen LogP contribution is 2.31. The fourth-order valence-electron chi connectivity index (χ4n) is 3.96. The Morgan fingerprint density at radius 2 is 0.758 bits per heavy atom. The second-order valence-electron chi connectivity index (χ2n) is 11.1. The smallest absolute Gasteiger partial charge is 0.230 e. The highest BCUT2D eigenvalue weighted by atomic mass is 16.2. The minimum Gasteiger partial charge on any atom is -0.325 e. The summed E-state index contributed by atoms with van der Waals surface area (Å²) in [6.45, 7) is 17.7. The Kier molecular flexibility index (Phi) is 10.1. The van der Waals surface area contributed by atoms with Crippen molar-refractivity contribution in [3.05, 3.63) is 18.2 Å². The van der Waals surface area contributed by atoms with Crippen molar-refractivity contribution in [2.75, 3.05) is 16.0 Å². The van der Waals surface area contributed by atoms with Crippen LogP contribution in [0, 0.1) is 16.2 Å². The second kappa shape index (κ2) is 11.7. The predicted octanol–water partition coefficient (Wildman–Crippen LogP) is 6.98. The lowest BCUT2D eigenvalue weighted by Gasteiger charge is -2.26. The highest BCUT2D eigenvalue weighted by Gasteiger charge is 2.29. The van der Waals surface area contributed by atoms with E-state index in [1.165, 1.54) is 0 Å². The average molecular weight is 460 g/mol. The van der Waals surface area contributed by atoms with Crippen LogP contribution in [-0.2, 0) is 14.4 Å². The summed E-state index contributed by atoms with van der Waals surface area (Å²) >= 11 is 0. The molecule has 0 saturated heterocycles. The molecule has 0 aromatic heterocycles. The normalized spacial score (nSPS) is 12.3. The summed E-state index contributed by atoms with van der Waals surface area (Å²) in [7, 11) is 0. The molecule has 0 aliphatic heterocycles. The summed E-state index contributed by atoms with van der Waals surface area (Å²) < 4.78 is 0. The molecule has 0 spiro atoms. The van der Waals surface area contributed by atoms with E-state index in [1.54, 1.807) is 18.2 Å². The quantitative estimate of drug-likeness (QED) is 0.315. The number of benzene rings is 1. The van der Waals surface area contributed by atoms with Gasteiger partial charge in [-0.25, -0.2) is 0 Å². The van der Waals surface area contributed by atoms with Gasteiger partial charge in [0.1, 0.15) is 0 Å². The molecule has 3 amide bonds. The predicted molar refractivity (Wildman–Crippen MR) is 138 cm³/mol. The molecule has 0 saturated carbocycles. The molecule has 6 heteroatoms. The maximum Gasteiger partial charge on any atom is 0.230 e. The molecule has 1 rings (SSSR count). The van der Waals surface area contributed by atoms with E-state index < -0.39 is 16.2 Å². The van der Waals surface area contributed by atoms with E-state index in [9.17, 15) is 14.4 Å². The minimum atomic E-state index is -0.524. The van der Waals surface area contributed by atoms with Gasteiger partial charge in [-0.15, -0.1) is 0 Å². The van der Waals surface area contributed by atoms with Crippen LogP contribution < -0.4 is 16.0 Å². The Morgan fingerprint density at radius 1 is 0.545 bits per heavy atom. The van der Waals surface area contributed by atoms with Crippen LogP contribution in [-0.4, -0.2) is 17.7 Å². The maximum absolute atomic E-state index is 12.9. The Labute approximate surface area is 200 Å². The van der Waals surface area contributed by atoms with Crippen molar-refractivity contribution in [3.8, 4) is 0 Å². The van der Waals surface area contributed by atoms with Gasteiger partial charge >= 0.3 is 0 Å². The van der Waals surface area contributed by atoms with Crippen molar-refractivity contribution in [2.24, 2.45) is 16.2 Å². The van der Waals surface area contributed by atoms with Crippen molar-refractivity contribution >= 4 is 34.8 Å². The Morgan fingerprint density at radius 3 is 0.939 bits per heavy atom. The van der Waals surface area contributed by atoms with Crippen LogP contribution in [0.3, 0.4) is 0 Å². The van der Waals surface area contributed by atoms with E-state index >= 15 is 0 Å². The largest absolute Gasteiger partial charge is 0.325 e. The average Bonchev–Trinajstić information content (AvgIpc) is 2.67. The van der Waals surface area contributed by atoms with E-state index in [0.29, 0.717) is 17.1 Å². The third-order valence-electron chi connectivity index (χ3n) is 6.18. The molecule has 1 aromatic carbocycles. The molecule has 0 aliphatic carbocycles. The highest BCUT2D eigenvalue weighted by molar-refractivity contribution is 6.01. The molecular formula is C27H45N3O3. The van der Waals surface area contributed by atoms with Gasteiger partial charge in [-0.3, -0.25) is 14.4 Å². The third kappa shape index (κ3) is 8.49. The standard InChI is InChI=1S/C27H45N3O3/c1-10-13-25(4,5)22(31)28-19-16-20(29-23(32)26(6,7)14-11-2)18-21(17-19)30-24(33)27(8,9)15-12-3/h16-18H,10-15H2,1-9H3,(H,28,31)(H,29,32)(H,30,33). The number of hydrogen-bond donors (Lipinski definition) is 3. The van der Waals surface area contributed by atoms with E-state index in [0.717, 1.165) is 38.5 Å². The summed E-state index contributed by atoms with van der Waals surface area (Å²) in [5.74, 6) is -0.284. The fourth-order valence-corrected chi connectivity index (χ4v) is 3.96. The van der Waals surface area contributed by atoms with Crippen molar-refractivity contribution in [2.45, 2.75) is 101 Å². The van der Waals surface area contributed by atoms with Gasteiger partial charge in [-0.2, -0.15) is 0 Å². The van der Waals surface area contributed by atoms with Gasteiger partial charge in [0.15, 0.2) is 0 Å². The first-order valence-electron chi connectivity index (χ1n) is 12.3. The van der Waals surface area contributed by atoms with Gasteiger partial charge in [0, 0.05) is 33.3 Å². The Balaban J connectivity index is 3.29. The monoisotopic (exact) mass is 459 g/mol. The lowest BCUT2D eigenvalue weighted by Crippen LogP contribution is -2.32. The molecule has 1 aromatic rings. The van der Waals surface area contributed by atoms with Crippen LogP contribution in [0.1, 0.15) is 101 Å². The van der Waals surface area contributed by atoms with Gasteiger partial charge in [0.25, 0.3) is 0 Å². The molecule has 0 bridgehead atoms. The van der Waals surface area contributed by atoms with Crippen LogP contribution in [0.2, 0.25) is 0 Å². The van der Waals surface area contributed by atoms with Gasteiger partial charge < -0.3 is 16.0 Å². The van der Waals surface area contributed by atoms with Crippen LogP contribution >= 0.6 is 0 Å². The fraction of sp³-hybridized carbons (Fsp3) is 0.667. The molecule has 0 fully saturated rings. The molecule has 0 aliphatic rings. The summed E-state index contributed by atoms with van der Waals surface area (Å²) in [4.78, 5) is 38.7. The molecule has 186 valence electrons. The van der Waals surface area contributed by atoms with Crippen molar-refractivity contribution < 1.29 is 14.4 Å². The van der Waals surface area contributed by atoms with Crippen LogP contribution in [0.5, 0.6) is 0 Å². The lowest BCUT2D eigenvalue weighted by atomic mass is 9.86. The van der Waals surface area contributed by atoms with Crippen LogP contribution in [0.25, 0.3) is 0 Å². The summed E-state index contributed by atoms with van der Waals surface area (Å²) in [6.07, 6.45) is 4.98. The first-order chi connectivity index (χ1) is 15.2. The maximum atomic E-state index is 12.9. The van der Waals surface area contributed by atoms with Crippen LogP contribution in [0.4, 0.5) is 17.1 Å². The molecule has 0 radical (unpaired) electrons. The van der Waals surface area contributed by atoms with Crippen LogP contribution in [0.15, 0.2) is 18.2 Å². The number of amides is 3. The summed E-state index contributed by atoms with van der Waals surface area (Å²) in [5, 5.41) is 8.94. The van der Waals surface area contributed by atoms with Gasteiger partial charge in [0.2, 0.25) is 17.7 Å². The molecule has 0 atom stereocenters. The third-order valence-corrected chi connectivity index (χ3v) is 6.18. The number of carbonyl (C=O) groups is 3. The number of anilines is 3. The van der Waals surface area contributed by atoms with Gasteiger partial charge in [-0.1, -0.05) is 81.6 Å². The van der Waals surface area contributed by atoms with Crippen molar-refractivity contribution in [1.29, 1.82) is 0 Å². The zero-order valence-corrected chi connectivity index (χ0v) is 22.2. The zero-order valence-electron chi connectivity index (χ0n) is 22.2. The van der Waals surface area contributed by atoms with E-state index in [-0.39, 0.29) is 17.7 Å². The van der Waals surface area contributed by atoms with Crippen molar-refractivity contribution in [3.63, 3.8) is 0 Å².